The van der Waals surface area contributed by atoms with Crippen molar-refractivity contribution in [2.45, 2.75) is 13.8 Å². The quantitative estimate of drug-likeness (QED) is 0.604. The second-order valence-corrected chi connectivity index (χ2v) is 6.43. The average Bonchev–Trinajstić information content (AvgIpc) is 2.66. The summed E-state index contributed by atoms with van der Waals surface area (Å²) in [5, 5.41) is 6.96. The van der Waals surface area contributed by atoms with Crippen molar-refractivity contribution in [3.63, 3.8) is 0 Å². The zero-order chi connectivity index (χ0) is 19.4. The molecule has 0 unspecified atom stereocenters. The number of rotatable bonds is 6. The Morgan fingerprint density at radius 1 is 0.889 bits per heavy atom. The van der Waals surface area contributed by atoms with Gasteiger partial charge >= 0.3 is 0 Å². The Balaban J connectivity index is 1.87. The number of ether oxygens (including phenoxy) is 2. The van der Waals surface area contributed by atoms with Crippen molar-refractivity contribution in [3.8, 4) is 11.5 Å². The molecule has 0 spiro atoms. The maximum atomic E-state index is 6.16. The Kier molecular flexibility index (Phi) is 5.66. The van der Waals surface area contributed by atoms with Crippen molar-refractivity contribution in [1.82, 2.24) is 9.97 Å². The number of hydrogen-bond acceptors (Lipinski definition) is 6. The zero-order valence-electron chi connectivity index (χ0n) is 15.6. The predicted molar refractivity (Wildman–Crippen MR) is 109 cm³/mol. The predicted octanol–water partition coefficient (Wildman–Crippen LogP) is 5.25. The molecule has 0 amide bonds. The summed E-state index contributed by atoms with van der Waals surface area (Å²) in [7, 11) is 3.14. The lowest BCUT2D eigenvalue weighted by atomic mass is 10.1. The van der Waals surface area contributed by atoms with Crippen LogP contribution < -0.4 is 20.1 Å². The van der Waals surface area contributed by atoms with Gasteiger partial charge in [0.15, 0.2) is 0 Å². The molecule has 0 atom stereocenters. The highest BCUT2D eigenvalue weighted by atomic mass is 35.5. The van der Waals surface area contributed by atoms with Crippen LogP contribution in [0, 0.1) is 13.8 Å². The number of nitrogens with one attached hydrogen (secondary N) is 2. The number of methoxy groups -OCH3 is 2. The average molecular weight is 385 g/mol. The number of nitrogens with zero attached hydrogens (tertiary/aromatic N) is 2. The molecule has 140 valence electrons. The van der Waals surface area contributed by atoms with E-state index in [9.17, 15) is 0 Å². The highest BCUT2D eigenvalue weighted by molar-refractivity contribution is 6.32. The number of anilines is 4. The number of halogens is 1. The van der Waals surface area contributed by atoms with E-state index in [1.165, 1.54) is 0 Å². The molecule has 27 heavy (non-hydrogen) atoms. The minimum Gasteiger partial charge on any atom is -0.495 e. The summed E-state index contributed by atoms with van der Waals surface area (Å²) in [6, 6.07) is 11.4. The number of aromatic nitrogens is 2. The van der Waals surface area contributed by atoms with Gasteiger partial charge in [0.2, 0.25) is 5.95 Å². The van der Waals surface area contributed by atoms with Gasteiger partial charge in [-0.1, -0.05) is 23.7 Å². The SMILES string of the molecule is COc1cc(Nc2ccnc(Nc3cc(C)ccc3C)n2)c(OC)cc1Cl. The third kappa shape index (κ3) is 4.41. The monoisotopic (exact) mass is 384 g/mol. The molecule has 0 radical (unpaired) electrons. The van der Waals surface area contributed by atoms with E-state index in [2.05, 4.69) is 38.8 Å². The van der Waals surface area contributed by atoms with Crippen LogP contribution >= 0.6 is 11.6 Å². The fourth-order valence-corrected chi connectivity index (χ4v) is 2.81. The molecular weight excluding hydrogens is 364 g/mol. The molecule has 2 aromatic carbocycles. The van der Waals surface area contributed by atoms with Crippen molar-refractivity contribution in [2.75, 3.05) is 24.9 Å². The van der Waals surface area contributed by atoms with Gasteiger partial charge in [0, 0.05) is 24.0 Å². The summed E-state index contributed by atoms with van der Waals surface area (Å²) >= 11 is 6.16. The lowest BCUT2D eigenvalue weighted by Crippen LogP contribution is -2.02. The van der Waals surface area contributed by atoms with Gasteiger partial charge in [0.1, 0.15) is 17.3 Å². The van der Waals surface area contributed by atoms with E-state index in [1.807, 2.05) is 13.8 Å². The Hall–Kier alpha value is -2.99. The van der Waals surface area contributed by atoms with Gasteiger partial charge in [-0.25, -0.2) is 4.98 Å². The fourth-order valence-electron chi connectivity index (χ4n) is 2.58. The Labute approximate surface area is 163 Å². The standard InChI is InChI=1S/C20H21ClN4O2/c1-12-5-6-13(2)15(9-12)24-20-22-8-7-19(25-20)23-16-11-17(26-3)14(21)10-18(16)27-4/h5-11H,1-4H3,(H2,22,23,24,25). The Bertz CT molecular complexity index is 963. The second kappa shape index (κ2) is 8.14. The topological polar surface area (TPSA) is 68.3 Å². The first-order valence-electron chi connectivity index (χ1n) is 8.36. The molecule has 3 rings (SSSR count). The van der Waals surface area contributed by atoms with Crippen LogP contribution in [-0.2, 0) is 0 Å². The van der Waals surface area contributed by atoms with Crippen LogP contribution in [0.15, 0.2) is 42.6 Å². The van der Waals surface area contributed by atoms with Gasteiger partial charge in [-0.2, -0.15) is 4.98 Å². The first-order chi connectivity index (χ1) is 13.0. The summed E-state index contributed by atoms with van der Waals surface area (Å²) < 4.78 is 10.7. The summed E-state index contributed by atoms with van der Waals surface area (Å²) in [6.45, 7) is 4.08. The number of aryl methyl sites for hydroxylation is 2. The molecule has 0 aliphatic carbocycles. The van der Waals surface area contributed by atoms with Gasteiger partial charge < -0.3 is 20.1 Å². The van der Waals surface area contributed by atoms with Crippen LogP contribution in [0.2, 0.25) is 5.02 Å². The van der Waals surface area contributed by atoms with E-state index >= 15 is 0 Å². The molecule has 0 fully saturated rings. The van der Waals surface area contributed by atoms with Gasteiger partial charge in [-0.15, -0.1) is 0 Å². The lowest BCUT2D eigenvalue weighted by Gasteiger charge is -2.14. The maximum Gasteiger partial charge on any atom is 0.229 e. The zero-order valence-corrected chi connectivity index (χ0v) is 16.4. The highest BCUT2D eigenvalue weighted by Gasteiger charge is 2.11. The third-order valence-corrected chi connectivity index (χ3v) is 4.33. The first kappa shape index (κ1) is 18.8. The largest absolute Gasteiger partial charge is 0.495 e. The van der Waals surface area contributed by atoms with Gasteiger partial charge in [0.25, 0.3) is 0 Å². The maximum absolute atomic E-state index is 6.16. The molecule has 7 heteroatoms. The molecule has 0 saturated heterocycles. The number of hydrogen-bond donors (Lipinski definition) is 2. The summed E-state index contributed by atoms with van der Waals surface area (Å²) in [4.78, 5) is 8.82. The lowest BCUT2D eigenvalue weighted by molar-refractivity contribution is 0.405. The summed E-state index contributed by atoms with van der Waals surface area (Å²) in [6.07, 6.45) is 1.68. The van der Waals surface area contributed by atoms with Crippen LogP contribution in [0.3, 0.4) is 0 Å². The van der Waals surface area contributed by atoms with Crippen LogP contribution in [0.25, 0.3) is 0 Å². The van der Waals surface area contributed by atoms with Gasteiger partial charge in [-0.3, -0.25) is 0 Å². The molecule has 0 bridgehead atoms. The van der Waals surface area contributed by atoms with E-state index in [-0.39, 0.29) is 0 Å². The summed E-state index contributed by atoms with van der Waals surface area (Å²) in [5.41, 5.74) is 3.94. The van der Waals surface area contributed by atoms with E-state index in [1.54, 1.807) is 38.6 Å². The van der Waals surface area contributed by atoms with Crippen molar-refractivity contribution in [1.29, 1.82) is 0 Å². The molecule has 1 aromatic heterocycles. The van der Waals surface area contributed by atoms with E-state index < -0.39 is 0 Å². The molecule has 0 aliphatic rings. The van der Waals surface area contributed by atoms with Crippen molar-refractivity contribution in [2.24, 2.45) is 0 Å². The fraction of sp³-hybridized carbons (Fsp3) is 0.200. The van der Waals surface area contributed by atoms with Gasteiger partial charge in [0.05, 0.1) is 24.9 Å². The first-order valence-corrected chi connectivity index (χ1v) is 8.74. The minimum atomic E-state index is 0.472. The molecule has 6 nitrogen and oxygen atoms in total. The second-order valence-electron chi connectivity index (χ2n) is 6.02. The third-order valence-electron chi connectivity index (χ3n) is 4.03. The molecule has 0 aliphatic heterocycles. The summed E-state index contributed by atoms with van der Waals surface area (Å²) in [5.74, 6) is 2.24. The van der Waals surface area contributed by atoms with Crippen molar-refractivity contribution >= 4 is 34.7 Å². The van der Waals surface area contributed by atoms with E-state index in [0.717, 1.165) is 16.8 Å². The van der Waals surface area contributed by atoms with Crippen LogP contribution in [0.4, 0.5) is 23.1 Å². The highest BCUT2D eigenvalue weighted by Crippen LogP contribution is 2.37. The smallest absolute Gasteiger partial charge is 0.229 e. The Morgan fingerprint density at radius 3 is 2.41 bits per heavy atom. The molecule has 3 aromatic rings. The van der Waals surface area contributed by atoms with Crippen molar-refractivity contribution < 1.29 is 9.47 Å². The molecular formula is C20H21ClN4O2. The van der Waals surface area contributed by atoms with Crippen LogP contribution in [0.1, 0.15) is 11.1 Å². The molecule has 2 N–H and O–H groups in total. The van der Waals surface area contributed by atoms with Crippen LogP contribution in [-0.4, -0.2) is 24.2 Å². The van der Waals surface area contributed by atoms with Gasteiger partial charge in [-0.05, 0) is 37.1 Å². The van der Waals surface area contributed by atoms with Crippen molar-refractivity contribution in [3.05, 3.63) is 58.7 Å². The number of benzene rings is 2. The van der Waals surface area contributed by atoms with E-state index in [0.29, 0.717) is 34.0 Å². The molecule has 1 heterocycles. The van der Waals surface area contributed by atoms with Crippen LogP contribution in [0.5, 0.6) is 11.5 Å². The van der Waals surface area contributed by atoms with E-state index in [4.69, 9.17) is 21.1 Å². The minimum absolute atomic E-state index is 0.472. The normalized spacial score (nSPS) is 10.4. The molecule has 0 saturated carbocycles. The Morgan fingerprint density at radius 2 is 1.67 bits per heavy atom.